The largest absolute Gasteiger partial charge is 0.334 e. The number of halogens is 1. The first-order valence-corrected chi connectivity index (χ1v) is 7.76. The zero-order valence-corrected chi connectivity index (χ0v) is 13.7. The molecule has 0 saturated carbocycles. The van der Waals surface area contributed by atoms with E-state index in [1.54, 1.807) is 0 Å². The molecule has 1 aliphatic rings. The molecule has 1 fully saturated rings. The van der Waals surface area contributed by atoms with E-state index in [1.165, 1.54) is 0 Å². The van der Waals surface area contributed by atoms with Crippen LogP contribution >= 0.6 is 12.4 Å². The van der Waals surface area contributed by atoms with E-state index in [1.807, 2.05) is 29.2 Å². The minimum absolute atomic E-state index is 0. The van der Waals surface area contributed by atoms with Gasteiger partial charge in [-0.25, -0.2) is 0 Å². The number of para-hydroxylation sites is 1. The van der Waals surface area contributed by atoms with Gasteiger partial charge in [0.25, 0.3) is 5.91 Å². The molecule has 120 valence electrons. The molecule has 3 rings (SSSR count). The Balaban J connectivity index is 0.00000176. The number of benzene rings is 1. The van der Waals surface area contributed by atoms with Crippen LogP contribution in [0.1, 0.15) is 36.7 Å². The zero-order chi connectivity index (χ0) is 14.7. The molecule has 1 aromatic heterocycles. The highest BCUT2D eigenvalue weighted by atomic mass is 35.5. The lowest BCUT2D eigenvalue weighted by Gasteiger charge is -2.34. The van der Waals surface area contributed by atoms with Gasteiger partial charge in [-0.3, -0.25) is 9.89 Å². The molecule has 2 N–H and O–H groups in total. The van der Waals surface area contributed by atoms with Crippen molar-refractivity contribution in [2.24, 2.45) is 0 Å². The van der Waals surface area contributed by atoms with Crippen molar-refractivity contribution in [1.29, 1.82) is 0 Å². The Morgan fingerprint density at radius 1 is 1.32 bits per heavy atom. The third kappa shape index (κ3) is 3.25. The molecule has 0 spiro atoms. The minimum Gasteiger partial charge on any atom is -0.334 e. The first-order valence-electron chi connectivity index (χ1n) is 7.76. The van der Waals surface area contributed by atoms with Crippen LogP contribution in [0.25, 0.3) is 10.9 Å². The van der Waals surface area contributed by atoms with Crippen LogP contribution in [0.5, 0.6) is 0 Å². The molecule has 0 bridgehead atoms. The summed E-state index contributed by atoms with van der Waals surface area (Å²) >= 11 is 0. The van der Waals surface area contributed by atoms with Crippen LogP contribution < -0.4 is 5.32 Å². The summed E-state index contributed by atoms with van der Waals surface area (Å²) in [4.78, 5) is 14.9. The number of nitrogens with one attached hydrogen (secondary N) is 2. The summed E-state index contributed by atoms with van der Waals surface area (Å²) in [7, 11) is 0. The normalized spacial score (nSPS) is 15.5. The van der Waals surface area contributed by atoms with Crippen LogP contribution in [0.3, 0.4) is 0 Å². The number of fused-ring (bicyclic) bond motifs is 1. The topological polar surface area (TPSA) is 61.0 Å². The highest BCUT2D eigenvalue weighted by molar-refractivity contribution is 6.04. The van der Waals surface area contributed by atoms with Gasteiger partial charge in [-0.05, 0) is 38.4 Å². The molecule has 22 heavy (non-hydrogen) atoms. The number of nitrogens with zero attached hydrogens (tertiary/aromatic N) is 2. The molecule has 1 amide bonds. The molecular formula is C16H23ClN4O. The molecule has 0 aliphatic carbocycles. The Hall–Kier alpha value is -1.59. The maximum atomic E-state index is 12.9. The Morgan fingerprint density at radius 3 is 2.77 bits per heavy atom. The minimum atomic E-state index is 0. The average molecular weight is 323 g/mol. The van der Waals surface area contributed by atoms with Crippen molar-refractivity contribution in [1.82, 2.24) is 20.4 Å². The van der Waals surface area contributed by atoms with Crippen molar-refractivity contribution >= 4 is 29.2 Å². The number of carbonyl (C=O) groups is 1. The van der Waals surface area contributed by atoms with Crippen molar-refractivity contribution in [3.8, 4) is 0 Å². The van der Waals surface area contributed by atoms with E-state index in [2.05, 4.69) is 22.4 Å². The van der Waals surface area contributed by atoms with E-state index in [9.17, 15) is 4.79 Å². The summed E-state index contributed by atoms with van der Waals surface area (Å²) in [6.45, 7) is 4.88. The smallest absolute Gasteiger partial charge is 0.275 e. The van der Waals surface area contributed by atoms with Gasteiger partial charge in [0.15, 0.2) is 5.69 Å². The van der Waals surface area contributed by atoms with Gasteiger partial charge in [0, 0.05) is 18.0 Å². The summed E-state index contributed by atoms with van der Waals surface area (Å²) in [5.74, 6) is 0.0567. The third-order valence-corrected chi connectivity index (χ3v) is 4.15. The van der Waals surface area contributed by atoms with E-state index in [0.717, 1.165) is 49.8 Å². The maximum absolute atomic E-state index is 12.9. The van der Waals surface area contributed by atoms with Gasteiger partial charge in [-0.15, -0.1) is 12.4 Å². The molecule has 5 nitrogen and oxygen atoms in total. The van der Waals surface area contributed by atoms with Crippen molar-refractivity contribution in [2.45, 2.75) is 32.2 Å². The molecule has 1 aromatic carbocycles. The van der Waals surface area contributed by atoms with Crippen LogP contribution in [0.4, 0.5) is 0 Å². The number of H-pyrrole nitrogens is 1. The number of hydrogen-bond donors (Lipinski definition) is 2. The summed E-state index contributed by atoms with van der Waals surface area (Å²) < 4.78 is 0. The third-order valence-electron chi connectivity index (χ3n) is 4.15. The summed E-state index contributed by atoms with van der Waals surface area (Å²) in [5.41, 5.74) is 1.47. The van der Waals surface area contributed by atoms with Crippen LogP contribution in [0.2, 0.25) is 0 Å². The number of carbonyl (C=O) groups excluding carboxylic acids is 1. The predicted molar refractivity (Wildman–Crippen MR) is 90.6 cm³/mol. The molecule has 0 atom stereocenters. The van der Waals surface area contributed by atoms with E-state index in [4.69, 9.17) is 0 Å². The van der Waals surface area contributed by atoms with Gasteiger partial charge in [0.2, 0.25) is 0 Å². The Bertz CT molecular complexity index is 621. The van der Waals surface area contributed by atoms with Gasteiger partial charge < -0.3 is 10.2 Å². The fraction of sp³-hybridized carbons (Fsp3) is 0.500. The van der Waals surface area contributed by atoms with Gasteiger partial charge in [0.05, 0.1) is 5.52 Å². The second-order valence-electron chi connectivity index (χ2n) is 5.60. The highest BCUT2D eigenvalue weighted by Gasteiger charge is 2.27. The Morgan fingerprint density at radius 2 is 2.05 bits per heavy atom. The van der Waals surface area contributed by atoms with Gasteiger partial charge in [-0.2, -0.15) is 5.10 Å². The van der Waals surface area contributed by atoms with Crippen LogP contribution in [-0.4, -0.2) is 46.7 Å². The quantitative estimate of drug-likeness (QED) is 0.909. The van der Waals surface area contributed by atoms with Gasteiger partial charge in [-0.1, -0.05) is 25.1 Å². The van der Waals surface area contributed by atoms with E-state index in [-0.39, 0.29) is 18.3 Å². The van der Waals surface area contributed by atoms with Gasteiger partial charge >= 0.3 is 0 Å². The first kappa shape index (κ1) is 16.8. The van der Waals surface area contributed by atoms with Crippen molar-refractivity contribution in [3.63, 3.8) is 0 Å². The van der Waals surface area contributed by atoms with E-state index >= 15 is 0 Å². The maximum Gasteiger partial charge on any atom is 0.275 e. The second kappa shape index (κ2) is 7.61. The fourth-order valence-corrected chi connectivity index (χ4v) is 3.07. The van der Waals surface area contributed by atoms with E-state index < -0.39 is 0 Å². The Kier molecular flexibility index (Phi) is 5.80. The lowest BCUT2D eigenvalue weighted by Crippen LogP contribution is -2.46. The number of aromatic amines is 1. The molecule has 6 heteroatoms. The standard InChI is InChI=1S/C16H22N4O.ClH/c1-2-11-20(12-7-9-17-10-8-12)16(21)15-13-5-3-4-6-14(13)18-19-15;/h3-6,12,17H,2,7-11H2,1H3,(H,18,19);1H. The molecule has 1 saturated heterocycles. The monoisotopic (exact) mass is 322 g/mol. The van der Waals surface area contributed by atoms with Crippen LogP contribution in [0, 0.1) is 0 Å². The lowest BCUT2D eigenvalue weighted by atomic mass is 10.0. The number of aromatic nitrogens is 2. The second-order valence-corrected chi connectivity index (χ2v) is 5.60. The van der Waals surface area contributed by atoms with Crippen molar-refractivity contribution < 1.29 is 4.79 Å². The molecular weight excluding hydrogens is 300 g/mol. The zero-order valence-electron chi connectivity index (χ0n) is 12.8. The van der Waals surface area contributed by atoms with Crippen molar-refractivity contribution in [3.05, 3.63) is 30.0 Å². The number of piperidine rings is 1. The summed E-state index contributed by atoms with van der Waals surface area (Å²) in [5, 5.41) is 11.5. The first-order chi connectivity index (χ1) is 10.3. The number of rotatable bonds is 4. The summed E-state index contributed by atoms with van der Waals surface area (Å²) in [6.07, 6.45) is 3.01. The SMILES string of the molecule is CCCN(C(=O)c1n[nH]c2ccccc12)C1CCNCC1.Cl. The number of hydrogen-bond acceptors (Lipinski definition) is 3. The number of amides is 1. The lowest BCUT2D eigenvalue weighted by molar-refractivity contribution is 0.0638. The van der Waals surface area contributed by atoms with Crippen LogP contribution in [0.15, 0.2) is 24.3 Å². The molecule has 0 unspecified atom stereocenters. The van der Waals surface area contributed by atoms with Gasteiger partial charge in [0.1, 0.15) is 0 Å². The average Bonchev–Trinajstić information content (AvgIpc) is 2.97. The summed E-state index contributed by atoms with van der Waals surface area (Å²) in [6, 6.07) is 8.13. The highest BCUT2D eigenvalue weighted by Crippen LogP contribution is 2.20. The molecule has 2 aromatic rings. The molecule has 0 radical (unpaired) electrons. The molecule has 2 heterocycles. The fourth-order valence-electron chi connectivity index (χ4n) is 3.07. The van der Waals surface area contributed by atoms with Crippen LogP contribution in [-0.2, 0) is 0 Å². The van der Waals surface area contributed by atoms with E-state index in [0.29, 0.717) is 11.7 Å². The predicted octanol–water partition coefficient (Wildman–Crippen LogP) is 2.59. The Labute approximate surface area is 136 Å². The van der Waals surface area contributed by atoms with Crippen molar-refractivity contribution in [2.75, 3.05) is 19.6 Å². The molecule has 1 aliphatic heterocycles.